The van der Waals surface area contributed by atoms with Crippen molar-refractivity contribution in [3.8, 4) is 0 Å². The summed E-state index contributed by atoms with van der Waals surface area (Å²) in [5.41, 5.74) is 1.44. The molecular formula is C16H15N3O5. The van der Waals surface area contributed by atoms with Crippen molar-refractivity contribution in [2.45, 2.75) is 13.8 Å². The lowest BCUT2D eigenvalue weighted by Gasteiger charge is -2.09. The molecule has 124 valence electrons. The van der Waals surface area contributed by atoms with Gasteiger partial charge in [-0.05, 0) is 43.2 Å². The number of carbonyl (C=O) groups is 2. The van der Waals surface area contributed by atoms with Gasteiger partial charge in [0.2, 0.25) is 0 Å². The standard InChI is InChI=1S/C16H15N3O5/c1-10-7-13(14(19(22)23)8-11(10)2)18-15(20)9-24-16(21)12-5-3-4-6-17-12/h3-8H,9H2,1-2H3,(H,18,20). The number of nitrogens with one attached hydrogen (secondary N) is 1. The Morgan fingerprint density at radius 3 is 2.58 bits per heavy atom. The number of aryl methyl sites for hydroxylation is 2. The van der Waals surface area contributed by atoms with E-state index in [0.29, 0.717) is 0 Å². The molecule has 1 aromatic carbocycles. The first-order valence-electron chi connectivity index (χ1n) is 7.02. The highest BCUT2D eigenvalue weighted by atomic mass is 16.6. The molecule has 8 nitrogen and oxygen atoms in total. The summed E-state index contributed by atoms with van der Waals surface area (Å²) >= 11 is 0. The van der Waals surface area contributed by atoms with E-state index in [4.69, 9.17) is 4.74 Å². The number of benzene rings is 1. The first kappa shape index (κ1) is 17.1. The maximum atomic E-state index is 11.9. The second-order valence-corrected chi connectivity index (χ2v) is 5.05. The number of pyridine rings is 1. The van der Waals surface area contributed by atoms with Gasteiger partial charge in [0, 0.05) is 12.3 Å². The van der Waals surface area contributed by atoms with Crippen molar-refractivity contribution in [3.63, 3.8) is 0 Å². The van der Waals surface area contributed by atoms with Crippen LogP contribution in [0.25, 0.3) is 0 Å². The molecule has 1 aromatic heterocycles. The highest BCUT2D eigenvalue weighted by Crippen LogP contribution is 2.27. The molecule has 0 aliphatic carbocycles. The smallest absolute Gasteiger partial charge is 0.357 e. The highest BCUT2D eigenvalue weighted by molar-refractivity contribution is 5.96. The number of hydrogen-bond donors (Lipinski definition) is 1. The molecule has 0 fully saturated rings. The fourth-order valence-electron chi connectivity index (χ4n) is 1.93. The monoisotopic (exact) mass is 329 g/mol. The van der Waals surface area contributed by atoms with Crippen LogP contribution in [0.15, 0.2) is 36.5 Å². The van der Waals surface area contributed by atoms with Crippen molar-refractivity contribution in [2.24, 2.45) is 0 Å². The number of ether oxygens (including phenoxy) is 1. The van der Waals surface area contributed by atoms with Crippen molar-refractivity contribution < 1.29 is 19.2 Å². The molecule has 1 amide bonds. The number of amides is 1. The van der Waals surface area contributed by atoms with Crippen LogP contribution < -0.4 is 5.32 Å². The molecule has 0 radical (unpaired) electrons. The minimum absolute atomic E-state index is 0.0574. The SMILES string of the molecule is Cc1cc(NC(=O)COC(=O)c2ccccn2)c([N+](=O)[O-])cc1C. The van der Waals surface area contributed by atoms with Gasteiger partial charge in [-0.15, -0.1) is 0 Å². The van der Waals surface area contributed by atoms with Crippen molar-refractivity contribution in [1.82, 2.24) is 4.98 Å². The van der Waals surface area contributed by atoms with Crippen molar-refractivity contribution in [1.29, 1.82) is 0 Å². The highest BCUT2D eigenvalue weighted by Gasteiger charge is 2.18. The van der Waals surface area contributed by atoms with E-state index in [1.54, 1.807) is 26.0 Å². The van der Waals surface area contributed by atoms with Crippen LogP contribution in [0, 0.1) is 24.0 Å². The van der Waals surface area contributed by atoms with E-state index in [9.17, 15) is 19.7 Å². The second-order valence-electron chi connectivity index (χ2n) is 5.05. The summed E-state index contributed by atoms with van der Waals surface area (Å²) in [4.78, 5) is 37.9. The Bertz CT molecular complexity index is 790. The Hall–Kier alpha value is -3.29. The van der Waals surface area contributed by atoms with Gasteiger partial charge < -0.3 is 10.1 Å². The number of nitro benzene ring substituents is 1. The Morgan fingerprint density at radius 2 is 1.96 bits per heavy atom. The lowest BCUT2D eigenvalue weighted by molar-refractivity contribution is -0.384. The Balaban J connectivity index is 2.04. The summed E-state index contributed by atoms with van der Waals surface area (Å²) in [7, 11) is 0. The van der Waals surface area contributed by atoms with Crippen molar-refractivity contribution in [2.75, 3.05) is 11.9 Å². The van der Waals surface area contributed by atoms with Crippen LogP contribution in [-0.2, 0) is 9.53 Å². The Morgan fingerprint density at radius 1 is 1.25 bits per heavy atom. The fraction of sp³-hybridized carbons (Fsp3) is 0.188. The third kappa shape index (κ3) is 4.13. The maximum Gasteiger partial charge on any atom is 0.357 e. The van der Waals surface area contributed by atoms with E-state index in [1.807, 2.05) is 0 Å². The number of hydrogen-bond acceptors (Lipinski definition) is 6. The number of esters is 1. The predicted molar refractivity (Wildman–Crippen MR) is 85.7 cm³/mol. The van der Waals surface area contributed by atoms with E-state index in [0.717, 1.165) is 11.1 Å². The summed E-state index contributed by atoms with van der Waals surface area (Å²) in [5.74, 6) is -1.43. The molecule has 0 spiro atoms. The van der Waals surface area contributed by atoms with Gasteiger partial charge in [0.15, 0.2) is 6.61 Å². The minimum atomic E-state index is -0.750. The van der Waals surface area contributed by atoms with Crippen LogP contribution >= 0.6 is 0 Å². The molecule has 0 saturated carbocycles. The van der Waals surface area contributed by atoms with Crippen LogP contribution in [0.4, 0.5) is 11.4 Å². The zero-order valence-electron chi connectivity index (χ0n) is 13.1. The third-order valence-corrected chi connectivity index (χ3v) is 3.29. The average molecular weight is 329 g/mol. The summed E-state index contributed by atoms with van der Waals surface area (Å²) in [6, 6.07) is 7.59. The molecule has 2 rings (SSSR count). The van der Waals surface area contributed by atoms with Gasteiger partial charge in [0.25, 0.3) is 11.6 Å². The fourth-order valence-corrected chi connectivity index (χ4v) is 1.93. The summed E-state index contributed by atoms with van der Waals surface area (Å²) in [6.07, 6.45) is 1.43. The molecule has 0 saturated heterocycles. The molecule has 0 aliphatic heterocycles. The molecule has 2 aromatic rings. The number of carbonyl (C=O) groups excluding carboxylic acids is 2. The number of aromatic nitrogens is 1. The van der Waals surface area contributed by atoms with Gasteiger partial charge in [-0.3, -0.25) is 14.9 Å². The number of anilines is 1. The van der Waals surface area contributed by atoms with Gasteiger partial charge >= 0.3 is 5.97 Å². The predicted octanol–water partition coefficient (Wildman–Crippen LogP) is 2.40. The number of nitrogens with zero attached hydrogens (tertiary/aromatic N) is 2. The van der Waals surface area contributed by atoms with Crippen LogP contribution in [0.3, 0.4) is 0 Å². The molecule has 24 heavy (non-hydrogen) atoms. The summed E-state index contributed by atoms with van der Waals surface area (Å²) in [6.45, 7) is 2.94. The summed E-state index contributed by atoms with van der Waals surface area (Å²) in [5, 5.41) is 13.5. The molecule has 1 N–H and O–H groups in total. The van der Waals surface area contributed by atoms with Gasteiger partial charge in [0.1, 0.15) is 11.4 Å². The quantitative estimate of drug-likeness (QED) is 0.512. The van der Waals surface area contributed by atoms with E-state index >= 15 is 0 Å². The van der Waals surface area contributed by atoms with Crippen LogP contribution in [0.5, 0.6) is 0 Å². The van der Waals surface area contributed by atoms with Crippen LogP contribution in [0.1, 0.15) is 21.6 Å². The third-order valence-electron chi connectivity index (χ3n) is 3.29. The molecular weight excluding hydrogens is 314 g/mol. The molecule has 0 atom stereocenters. The topological polar surface area (TPSA) is 111 Å². The van der Waals surface area contributed by atoms with E-state index in [-0.39, 0.29) is 17.1 Å². The van der Waals surface area contributed by atoms with Gasteiger partial charge in [-0.1, -0.05) is 6.07 Å². The van der Waals surface area contributed by atoms with E-state index in [1.165, 1.54) is 24.4 Å². The first-order chi connectivity index (χ1) is 11.4. The zero-order chi connectivity index (χ0) is 17.7. The molecule has 1 heterocycles. The number of nitro groups is 1. The van der Waals surface area contributed by atoms with Crippen molar-refractivity contribution >= 4 is 23.3 Å². The van der Waals surface area contributed by atoms with Crippen molar-refractivity contribution in [3.05, 3.63) is 63.5 Å². The second kappa shape index (κ2) is 7.32. The minimum Gasteiger partial charge on any atom is -0.451 e. The molecule has 8 heteroatoms. The maximum absolute atomic E-state index is 11.9. The normalized spacial score (nSPS) is 10.1. The van der Waals surface area contributed by atoms with Gasteiger partial charge in [0.05, 0.1) is 4.92 Å². The first-order valence-corrected chi connectivity index (χ1v) is 7.02. The van der Waals surface area contributed by atoms with E-state index < -0.39 is 23.4 Å². The van der Waals surface area contributed by atoms with Crippen LogP contribution in [0.2, 0.25) is 0 Å². The van der Waals surface area contributed by atoms with Crippen LogP contribution in [-0.4, -0.2) is 28.4 Å². The largest absolute Gasteiger partial charge is 0.451 e. The Labute approximate surface area is 137 Å². The molecule has 0 bridgehead atoms. The summed E-state index contributed by atoms with van der Waals surface area (Å²) < 4.78 is 4.83. The lowest BCUT2D eigenvalue weighted by atomic mass is 10.1. The molecule has 0 unspecified atom stereocenters. The Kier molecular flexibility index (Phi) is 5.20. The average Bonchev–Trinajstić information content (AvgIpc) is 2.56. The van der Waals surface area contributed by atoms with Gasteiger partial charge in [-0.2, -0.15) is 0 Å². The lowest BCUT2D eigenvalue weighted by Crippen LogP contribution is -2.22. The molecule has 0 aliphatic rings. The van der Waals surface area contributed by atoms with Gasteiger partial charge in [-0.25, -0.2) is 9.78 Å². The zero-order valence-corrected chi connectivity index (χ0v) is 13.1. The van der Waals surface area contributed by atoms with E-state index in [2.05, 4.69) is 10.3 Å². The number of rotatable bonds is 5.